The molecule has 0 spiro atoms. The Morgan fingerprint density at radius 2 is 1.97 bits per heavy atom. The molecule has 1 heterocycles. The van der Waals surface area contributed by atoms with Gasteiger partial charge >= 0.3 is 0 Å². The summed E-state index contributed by atoms with van der Waals surface area (Å²) in [5.41, 5.74) is 2.77. The van der Waals surface area contributed by atoms with E-state index < -0.39 is 0 Å². The van der Waals surface area contributed by atoms with Gasteiger partial charge < -0.3 is 5.32 Å². The maximum Gasteiger partial charge on any atom is 0.266 e. The average molecular weight is 461 g/mol. The molecule has 0 unspecified atom stereocenters. The average Bonchev–Trinajstić information content (AvgIpc) is 2.80. The number of amides is 1. The lowest BCUT2D eigenvalue weighted by atomic mass is 10.2. The number of rotatable bonds is 5. The Bertz CT molecular complexity index is 1440. The van der Waals surface area contributed by atoms with E-state index in [1.807, 2.05) is 25.1 Å². The predicted octanol–water partition coefficient (Wildman–Crippen LogP) is 4.95. The molecule has 32 heavy (non-hydrogen) atoms. The predicted molar refractivity (Wildman–Crippen MR) is 128 cm³/mol. The van der Waals surface area contributed by atoms with Crippen LogP contribution in [0.3, 0.4) is 0 Å². The van der Waals surface area contributed by atoms with Crippen LogP contribution >= 0.6 is 23.4 Å². The molecule has 158 valence electrons. The van der Waals surface area contributed by atoms with Crippen LogP contribution in [0.5, 0.6) is 0 Å². The van der Waals surface area contributed by atoms with Crippen molar-refractivity contribution in [3.63, 3.8) is 0 Å². The van der Waals surface area contributed by atoms with Crippen molar-refractivity contribution in [3.8, 4) is 11.8 Å². The van der Waals surface area contributed by atoms with Gasteiger partial charge in [0, 0.05) is 10.7 Å². The molecule has 6 nitrogen and oxygen atoms in total. The summed E-state index contributed by atoms with van der Waals surface area (Å²) < 4.78 is 1.47. The number of nitrogens with zero attached hydrogens (tertiary/aromatic N) is 3. The van der Waals surface area contributed by atoms with E-state index in [2.05, 4.69) is 10.3 Å². The highest BCUT2D eigenvalue weighted by Crippen LogP contribution is 2.25. The minimum atomic E-state index is -0.277. The Morgan fingerprint density at radius 1 is 1.16 bits per heavy atom. The zero-order valence-corrected chi connectivity index (χ0v) is 18.6. The molecule has 0 aliphatic heterocycles. The maximum absolute atomic E-state index is 13.3. The molecule has 0 saturated carbocycles. The highest BCUT2D eigenvalue weighted by Gasteiger charge is 2.15. The van der Waals surface area contributed by atoms with Gasteiger partial charge in [0.05, 0.1) is 34.0 Å². The van der Waals surface area contributed by atoms with Crippen LogP contribution < -0.4 is 10.9 Å². The van der Waals surface area contributed by atoms with Crippen molar-refractivity contribution in [2.24, 2.45) is 0 Å². The Labute approximate surface area is 193 Å². The number of carbonyl (C=O) groups excluding carboxylic acids is 1. The van der Waals surface area contributed by atoms with Gasteiger partial charge in [-0.2, -0.15) is 5.26 Å². The summed E-state index contributed by atoms with van der Waals surface area (Å²) in [7, 11) is 0. The van der Waals surface area contributed by atoms with Gasteiger partial charge in [0.2, 0.25) is 5.91 Å². The largest absolute Gasteiger partial charge is 0.325 e. The number of hydrogen-bond donors (Lipinski definition) is 1. The van der Waals surface area contributed by atoms with Crippen LogP contribution in [-0.2, 0) is 4.79 Å². The lowest BCUT2D eigenvalue weighted by Crippen LogP contribution is -2.23. The van der Waals surface area contributed by atoms with Crippen molar-refractivity contribution >= 4 is 45.9 Å². The SMILES string of the molecule is Cc1ccc(-n2c(SCC(=O)Nc3cccc(C#N)c3)nc3ccccc3c2=O)cc1Cl. The number of fused-ring (bicyclic) bond motifs is 1. The molecule has 4 rings (SSSR count). The lowest BCUT2D eigenvalue weighted by molar-refractivity contribution is -0.113. The third-order valence-corrected chi connectivity index (χ3v) is 6.11. The molecule has 1 N–H and O–H groups in total. The number of nitriles is 1. The number of para-hydroxylation sites is 1. The summed E-state index contributed by atoms with van der Waals surface area (Å²) in [5.74, 6) is -0.248. The van der Waals surface area contributed by atoms with Gasteiger partial charge in [0.1, 0.15) is 0 Å². The van der Waals surface area contributed by atoms with E-state index in [4.69, 9.17) is 16.9 Å². The van der Waals surface area contributed by atoms with E-state index in [0.717, 1.165) is 17.3 Å². The summed E-state index contributed by atoms with van der Waals surface area (Å²) in [6.45, 7) is 1.88. The second-order valence-electron chi connectivity index (χ2n) is 7.02. The van der Waals surface area contributed by atoms with Gasteiger partial charge in [0.15, 0.2) is 5.16 Å². The molecule has 0 atom stereocenters. The first-order valence-corrected chi connectivity index (χ1v) is 11.0. The molecular weight excluding hydrogens is 444 g/mol. The van der Waals surface area contributed by atoms with Gasteiger partial charge in [-0.15, -0.1) is 0 Å². The molecule has 0 fully saturated rings. The third-order valence-electron chi connectivity index (χ3n) is 4.77. The normalized spacial score (nSPS) is 10.7. The zero-order valence-electron chi connectivity index (χ0n) is 17.0. The fraction of sp³-hybridized carbons (Fsp3) is 0.0833. The molecular formula is C24H17ClN4O2S. The van der Waals surface area contributed by atoms with Crippen LogP contribution in [0, 0.1) is 18.3 Å². The summed E-state index contributed by atoms with van der Waals surface area (Å²) in [4.78, 5) is 30.4. The third kappa shape index (κ3) is 4.52. The second-order valence-corrected chi connectivity index (χ2v) is 8.36. The van der Waals surface area contributed by atoms with Crippen molar-refractivity contribution in [3.05, 3.63) is 93.2 Å². The summed E-state index contributed by atoms with van der Waals surface area (Å²) >= 11 is 7.45. The molecule has 0 aliphatic carbocycles. The topological polar surface area (TPSA) is 87.8 Å². The fourth-order valence-corrected chi connectivity index (χ4v) is 4.14. The minimum absolute atomic E-state index is 0.0289. The van der Waals surface area contributed by atoms with Crippen LogP contribution in [-0.4, -0.2) is 21.2 Å². The van der Waals surface area contributed by atoms with Crippen LogP contribution in [0.2, 0.25) is 5.02 Å². The van der Waals surface area contributed by atoms with E-state index in [1.54, 1.807) is 54.6 Å². The Balaban J connectivity index is 1.68. The highest BCUT2D eigenvalue weighted by molar-refractivity contribution is 7.99. The van der Waals surface area contributed by atoms with Crippen LogP contribution in [0.25, 0.3) is 16.6 Å². The second kappa shape index (κ2) is 9.27. The molecule has 4 aromatic rings. The summed E-state index contributed by atoms with van der Waals surface area (Å²) in [5, 5.41) is 13.2. The first kappa shape index (κ1) is 21.6. The van der Waals surface area contributed by atoms with E-state index in [1.165, 1.54) is 4.57 Å². The highest BCUT2D eigenvalue weighted by atomic mass is 35.5. The number of nitrogens with one attached hydrogen (secondary N) is 1. The Hall–Kier alpha value is -3.60. The molecule has 0 aliphatic rings. The first-order chi connectivity index (χ1) is 15.5. The quantitative estimate of drug-likeness (QED) is 0.336. The fourth-order valence-electron chi connectivity index (χ4n) is 3.15. The van der Waals surface area contributed by atoms with Crippen molar-refractivity contribution in [2.75, 3.05) is 11.1 Å². The van der Waals surface area contributed by atoms with Gasteiger partial charge in [-0.3, -0.25) is 14.2 Å². The zero-order chi connectivity index (χ0) is 22.7. The Morgan fingerprint density at radius 3 is 2.75 bits per heavy atom. The number of aryl methyl sites for hydroxylation is 1. The van der Waals surface area contributed by atoms with Crippen LogP contribution in [0.4, 0.5) is 5.69 Å². The molecule has 1 aromatic heterocycles. The van der Waals surface area contributed by atoms with E-state index in [-0.39, 0.29) is 17.2 Å². The Kier molecular flexibility index (Phi) is 6.26. The van der Waals surface area contributed by atoms with Crippen molar-refractivity contribution in [2.45, 2.75) is 12.1 Å². The molecule has 8 heteroatoms. The molecule has 1 amide bonds. The van der Waals surface area contributed by atoms with E-state index in [0.29, 0.717) is 38.0 Å². The summed E-state index contributed by atoms with van der Waals surface area (Å²) in [6.07, 6.45) is 0. The first-order valence-electron chi connectivity index (χ1n) is 9.67. The van der Waals surface area contributed by atoms with E-state index >= 15 is 0 Å². The number of hydrogen-bond acceptors (Lipinski definition) is 5. The monoisotopic (exact) mass is 460 g/mol. The number of aromatic nitrogens is 2. The summed E-state index contributed by atoms with van der Waals surface area (Å²) in [6, 6.07) is 21.1. The van der Waals surface area contributed by atoms with Crippen molar-refractivity contribution in [1.29, 1.82) is 5.26 Å². The maximum atomic E-state index is 13.3. The smallest absolute Gasteiger partial charge is 0.266 e. The number of thioether (sulfide) groups is 1. The van der Waals surface area contributed by atoms with Gasteiger partial charge in [-0.05, 0) is 55.0 Å². The molecule has 3 aromatic carbocycles. The molecule has 0 radical (unpaired) electrons. The van der Waals surface area contributed by atoms with Gasteiger partial charge in [0.25, 0.3) is 5.56 Å². The molecule has 0 bridgehead atoms. The van der Waals surface area contributed by atoms with Gasteiger partial charge in [-0.1, -0.05) is 47.6 Å². The number of halogens is 1. The van der Waals surface area contributed by atoms with Crippen molar-refractivity contribution < 1.29 is 4.79 Å². The standard InChI is InChI=1S/C24H17ClN4O2S/c1-15-9-10-18(12-20(15)25)29-23(31)19-7-2-3-8-21(19)28-24(29)32-14-22(30)27-17-6-4-5-16(11-17)13-26/h2-12H,14H2,1H3,(H,27,30). The number of anilines is 1. The lowest BCUT2D eigenvalue weighted by Gasteiger charge is -2.14. The van der Waals surface area contributed by atoms with Gasteiger partial charge in [-0.25, -0.2) is 4.98 Å². The van der Waals surface area contributed by atoms with Crippen LogP contribution in [0.1, 0.15) is 11.1 Å². The number of benzene rings is 3. The van der Waals surface area contributed by atoms with Crippen molar-refractivity contribution in [1.82, 2.24) is 9.55 Å². The minimum Gasteiger partial charge on any atom is -0.325 e. The molecule has 0 saturated heterocycles. The van der Waals surface area contributed by atoms with Crippen LogP contribution in [0.15, 0.2) is 76.7 Å². The van der Waals surface area contributed by atoms with E-state index in [9.17, 15) is 9.59 Å². The number of carbonyl (C=O) groups is 1.